The lowest BCUT2D eigenvalue weighted by atomic mass is 10.2. The number of rotatable bonds is 6. The monoisotopic (exact) mass is 394 g/mol. The second-order valence-corrected chi connectivity index (χ2v) is 10.1. The second kappa shape index (κ2) is 7.43. The summed E-state index contributed by atoms with van der Waals surface area (Å²) in [6.45, 7) is 11.4. The largest absolute Gasteiger partial charge is 0.383 e. The van der Waals surface area contributed by atoms with Crippen molar-refractivity contribution in [3.8, 4) is 0 Å². The molecule has 0 amide bonds. The zero-order valence-corrected chi connectivity index (χ0v) is 17.4. The first-order valence-electron chi connectivity index (χ1n) is 8.12. The van der Waals surface area contributed by atoms with Crippen molar-refractivity contribution in [2.75, 3.05) is 17.6 Å². The van der Waals surface area contributed by atoms with E-state index in [1.54, 1.807) is 34.4 Å². The molecule has 3 N–H and O–H groups in total. The number of fused-ring (bicyclic) bond motifs is 1. The number of nitrogens with zero attached hydrogens (tertiary/aromatic N) is 4. The molecule has 0 aliphatic carbocycles. The smallest absolute Gasteiger partial charge is 0.206 e. The number of thioether (sulfide) groups is 1. The highest BCUT2D eigenvalue weighted by atomic mass is 32.2. The van der Waals surface area contributed by atoms with Gasteiger partial charge in [-0.2, -0.15) is 0 Å². The Bertz CT molecular complexity index is 886. The average Bonchev–Trinajstić information content (AvgIpc) is 3.10. The lowest BCUT2D eigenvalue weighted by Gasteiger charge is -2.09. The molecule has 3 heterocycles. The first-order valence-corrected chi connectivity index (χ1v) is 10.6. The van der Waals surface area contributed by atoms with Gasteiger partial charge >= 0.3 is 0 Å². The maximum atomic E-state index is 6.19. The van der Waals surface area contributed by atoms with Crippen molar-refractivity contribution in [3.05, 3.63) is 16.3 Å². The first kappa shape index (κ1) is 18.3. The number of nitrogens with two attached hydrogens (primary N) is 1. The van der Waals surface area contributed by atoms with Gasteiger partial charge in [-0.1, -0.05) is 36.9 Å². The van der Waals surface area contributed by atoms with Crippen LogP contribution < -0.4 is 11.1 Å². The standard InChI is InChI=1S/C16H22N6S3/c1-7(2)6-18-15-21-22-16(25-15)24-10(5)13-19-12(17)11-8(3)9(4)23-14(11)20-13/h7,10H,6H2,1-5H3,(H,18,21)(H2,17,19,20). The molecular formula is C16H22N6S3. The molecule has 3 aromatic rings. The first-order chi connectivity index (χ1) is 11.8. The zero-order valence-electron chi connectivity index (χ0n) is 15.0. The van der Waals surface area contributed by atoms with E-state index in [0.29, 0.717) is 11.7 Å². The molecule has 6 nitrogen and oxygen atoms in total. The van der Waals surface area contributed by atoms with E-state index < -0.39 is 0 Å². The number of aryl methyl sites for hydroxylation is 2. The third kappa shape index (κ3) is 4.04. The molecule has 0 bridgehead atoms. The Morgan fingerprint density at radius 2 is 1.88 bits per heavy atom. The number of nitrogen functional groups attached to an aromatic ring is 1. The van der Waals surface area contributed by atoms with Crippen LogP contribution in [0.5, 0.6) is 0 Å². The van der Waals surface area contributed by atoms with Crippen LogP contribution >= 0.6 is 34.4 Å². The lowest BCUT2D eigenvalue weighted by Crippen LogP contribution is -2.07. The van der Waals surface area contributed by atoms with E-state index >= 15 is 0 Å². The van der Waals surface area contributed by atoms with Gasteiger partial charge in [-0.3, -0.25) is 0 Å². The van der Waals surface area contributed by atoms with Gasteiger partial charge in [0.15, 0.2) is 4.34 Å². The molecule has 0 radical (unpaired) electrons. The SMILES string of the molecule is Cc1sc2nc(C(C)Sc3nnc(NCC(C)C)s3)nc(N)c2c1C. The summed E-state index contributed by atoms with van der Waals surface area (Å²) in [4.78, 5) is 11.5. The van der Waals surface area contributed by atoms with Crippen molar-refractivity contribution in [2.24, 2.45) is 5.92 Å². The van der Waals surface area contributed by atoms with Crippen LogP contribution in [0.4, 0.5) is 10.9 Å². The molecule has 0 saturated carbocycles. The Hall–Kier alpha value is -1.45. The predicted molar refractivity (Wildman–Crippen MR) is 109 cm³/mol. The normalized spacial score (nSPS) is 12.9. The molecule has 0 aromatic carbocycles. The molecule has 25 heavy (non-hydrogen) atoms. The number of thiophene rings is 1. The summed E-state index contributed by atoms with van der Waals surface area (Å²) in [7, 11) is 0. The van der Waals surface area contributed by atoms with Crippen LogP contribution in [0.15, 0.2) is 4.34 Å². The fraction of sp³-hybridized carbons (Fsp3) is 0.500. The van der Waals surface area contributed by atoms with Crippen molar-refractivity contribution in [1.29, 1.82) is 0 Å². The van der Waals surface area contributed by atoms with Crippen LogP contribution in [0, 0.1) is 19.8 Å². The van der Waals surface area contributed by atoms with Crippen LogP contribution in [0.25, 0.3) is 10.2 Å². The second-order valence-electron chi connectivity index (χ2n) is 6.34. The summed E-state index contributed by atoms with van der Waals surface area (Å²) in [5.41, 5.74) is 7.36. The van der Waals surface area contributed by atoms with E-state index in [1.807, 2.05) is 0 Å². The number of hydrogen-bond acceptors (Lipinski definition) is 9. The molecule has 1 unspecified atom stereocenters. The highest BCUT2D eigenvalue weighted by Crippen LogP contribution is 2.38. The molecular weight excluding hydrogens is 372 g/mol. The van der Waals surface area contributed by atoms with Gasteiger partial charge < -0.3 is 11.1 Å². The number of nitrogens with one attached hydrogen (secondary N) is 1. The highest BCUT2D eigenvalue weighted by Gasteiger charge is 2.18. The minimum absolute atomic E-state index is 0.0558. The maximum absolute atomic E-state index is 6.19. The predicted octanol–water partition coefficient (Wildman–Crippen LogP) is 4.66. The molecule has 134 valence electrons. The van der Waals surface area contributed by atoms with Gasteiger partial charge in [0.05, 0.1) is 10.6 Å². The summed E-state index contributed by atoms with van der Waals surface area (Å²) in [5.74, 6) is 1.87. The van der Waals surface area contributed by atoms with E-state index in [-0.39, 0.29) is 5.25 Å². The van der Waals surface area contributed by atoms with Crippen LogP contribution in [-0.2, 0) is 0 Å². The molecule has 9 heteroatoms. The molecule has 1 atom stereocenters. The summed E-state index contributed by atoms with van der Waals surface area (Å²) < 4.78 is 0.902. The van der Waals surface area contributed by atoms with Gasteiger partial charge in [-0.05, 0) is 32.3 Å². The number of hydrogen-bond donors (Lipinski definition) is 2. The van der Waals surface area contributed by atoms with Crippen molar-refractivity contribution in [3.63, 3.8) is 0 Å². The summed E-state index contributed by atoms with van der Waals surface area (Å²) in [6.07, 6.45) is 0. The van der Waals surface area contributed by atoms with E-state index in [2.05, 4.69) is 55.1 Å². The van der Waals surface area contributed by atoms with Gasteiger partial charge in [0.2, 0.25) is 5.13 Å². The minimum Gasteiger partial charge on any atom is -0.383 e. The number of anilines is 2. The van der Waals surface area contributed by atoms with Crippen LogP contribution in [0.3, 0.4) is 0 Å². The van der Waals surface area contributed by atoms with Gasteiger partial charge in [0, 0.05) is 11.4 Å². The van der Waals surface area contributed by atoms with Crippen LogP contribution in [-0.4, -0.2) is 26.7 Å². The van der Waals surface area contributed by atoms with E-state index in [1.165, 1.54) is 10.4 Å². The summed E-state index contributed by atoms with van der Waals surface area (Å²) >= 11 is 4.84. The van der Waals surface area contributed by atoms with Gasteiger partial charge in [0.25, 0.3) is 0 Å². The van der Waals surface area contributed by atoms with Gasteiger partial charge in [-0.15, -0.1) is 21.5 Å². The van der Waals surface area contributed by atoms with Crippen LogP contribution in [0.2, 0.25) is 0 Å². The summed E-state index contributed by atoms with van der Waals surface area (Å²) in [6, 6.07) is 0. The third-order valence-corrected chi connectivity index (χ3v) is 6.95. The van der Waals surface area contributed by atoms with E-state index in [4.69, 9.17) is 10.7 Å². The molecule has 0 aliphatic heterocycles. The third-order valence-electron chi connectivity index (χ3n) is 3.78. The molecule has 0 saturated heterocycles. The quantitative estimate of drug-likeness (QED) is 0.587. The van der Waals surface area contributed by atoms with E-state index in [9.17, 15) is 0 Å². The molecule has 0 aliphatic rings. The molecule has 3 rings (SSSR count). The number of aromatic nitrogens is 4. The summed E-state index contributed by atoms with van der Waals surface area (Å²) in [5, 5.41) is 13.6. The van der Waals surface area contributed by atoms with Crippen molar-refractivity contribution >= 4 is 55.6 Å². The fourth-order valence-electron chi connectivity index (χ4n) is 2.30. The van der Waals surface area contributed by atoms with Crippen molar-refractivity contribution in [1.82, 2.24) is 20.2 Å². The Morgan fingerprint density at radius 1 is 1.12 bits per heavy atom. The van der Waals surface area contributed by atoms with Gasteiger partial charge in [0.1, 0.15) is 16.5 Å². The van der Waals surface area contributed by atoms with Crippen LogP contribution in [0.1, 0.15) is 42.3 Å². The van der Waals surface area contributed by atoms with E-state index in [0.717, 1.165) is 32.1 Å². The Kier molecular flexibility index (Phi) is 5.45. The maximum Gasteiger partial charge on any atom is 0.206 e. The Morgan fingerprint density at radius 3 is 2.60 bits per heavy atom. The fourth-order valence-corrected chi connectivity index (χ4v) is 5.30. The van der Waals surface area contributed by atoms with Crippen molar-refractivity contribution in [2.45, 2.75) is 44.2 Å². The molecule has 0 spiro atoms. The van der Waals surface area contributed by atoms with Gasteiger partial charge in [-0.25, -0.2) is 9.97 Å². The minimum atomic E-state index is 0.0558. The molecule has 3 aromatic heterocycles. The Labute approximate surface area is 159 Å². The lowest BCUT2D eigenvalue weighted by molar-refractivity contribution is 0.687. The topological polar surface area (TPSA) is 89.6 Å². The highest BCUT2D eigenvalue weighted by molar-refractivity contribution is 8.01. The average molecular weight is 395 g/mol. The van der Waals surface area contributed by atoms with Crippen molar-refractivity contribution < 1.29 is 0 Å². The Balaban J connectivity index is 1.77. The molecule has 0 fully saturated rings. The zero-order chi connectivity index (χ0) is 18.1.